The third-order valence-electron chi connectivity index (χ3n) is 2.51. The van der Waals surface area contributed by atoms with E-state index < -0.39 is 0 Å². The molecule has 0 aromatic heterocycles. The first-order valence-corrected chi connectivity index (χ1v) is 4.67. The number of rotatable bonds is 0. The van der Waals surface area contributed by atoms with Gasteiger partial charge in [0.25, 0.3) is 0 Å². The summed E-state index contributed by atoms with van der Waals surface area (Å²) in [4.78, 5) is 0. The Hall–Kier alpha value is -1.04. The summed E-state index contributed by atoms with van der Waals surface area (Å²) >= 11 is 0. The van der Waals surface area contributed by atoms with Gasteiger partial charge in [-0.15, -0.1) is 0 Å². The molecule has 0 aliphatic heterocycles. The van der Waals surface area contributed by atoms with E-state index in [-0.39, 0.29) is 5.41 Å². The Bertz CT molecular complexity index is 368. The number of benzene rings is 1. The zero-order valence-electron chi connectivity index (χ0n) is 9.02. The van der Waals surface area contributed by atoms with Crippen molar-refractivity contribution in [2.24, 2.45) is 5.41 Å². The van der Waals surface area contributed by atoms with Crippen molar-refractivity contribution in [3.63, 3.8) is 0 Å². The summed E-state index contributed by atoms with van der Waals surface area (Å²) in [6.07, 6.45) is 0. The van der Waals surface area contributed by atoms with Crippen LogP contribution in [-0.4, -0.2) is 0 Å². The molecule has 0 spiro atoms. The maximum atomic E-state index is 3.87. The van der Waals surface area contributed by atoms with Gasteiger partial charge in [-0.25, -0.2) is 0 Å². The fourth-order valence-corrected chi connectivity index (χ4v) is 1.19. The molecule has 1 rings (SSSR count). The molecule has 0 unspecified atom stereocenters. The van der Waals surface area contributed by atoms with Crippen LogP contribution >= 0.6 is 0 Å². The molecule has 0 aliphatic carbocycles. The largest absolute Gasteiger partial charge is 0.0918 e. The summed E-state index contributed by atoms with van der Waals surface area (Å²) in [6.45, 7) is 12.8. The van der Waals surface area contributed by atoms with Gasteiger partial charge in [-0.3, -0.25) is 0 Å². The van der Waals surface area contributed by atoms with Crippen molar-refractivity contribution in [3.8, 4) is 0 Å². The molecule has 0 fully saturated rings. The highest BCUT2D eigenvalue weighted by molar-refractivity contribution is 5.47. The van der Waals surface area contributed by atoms with Gasteiger partial charge < -0.3 is 0 Å². The van der Waals surface area contributed by atoms with Crippen molar-refractivity contribution in [2.45, 2.75) is 27.7 Å². The first kappa shape index (κ1) is 10.0. The van der Waals surface area contributed by atoms with E-state index in [9.17, 15) is 0 Å². The van der Waals surface area contributed by atoms with Crippen molar-refractivity contribution in [1.29, 1.82) is 0 Å². The molecule has 1 aromatic rings. The van der Waals surface area contributed by atoms with Gasteiger partial charge in [0.15, 0.2) is 0 Å². The van der Waals surface area contributed by atoms with Crippen LogP contribution in [0.15, 0.2) is 24.3 Å². The highest BCUT2D eigenvalue weighted by atomic mass is 14.2. The van der Waals surface area contributed by atoms with Crippen LogP contribution in [0.25, 0.3) is 12.2 Å². The van der Waals surface area contributed by atoms with Crippen molar-refractivity contribution in [2.75, 3.05) is 0 Å². The van der Waals surface area contributed by atoms with Crippen LogP contribution in [0.5, 0.6) is 0 Å². The standard InChI is InChI=1S/C13H18/c1-10-6-8-12(9-7-10)11(2)13(3,4)5/h6-9H,1H2,2-5H3. The molecule has 1 aromatic carbocycles. The van der Waals surface area contributed by atoms with E-state index in [1.807, 2.05) is 0 Å². The fourth-order valence-electron chi connectivity index (χ4n) is 1.19. The SMILES string of the molecule is C=c1ccc(=C(C)C(C)(C)C)cc1. The molecular weight excluding hydrogens is 156 g/mol. The maximum absolute atomic E-state index is 3.87. The minimum atomic E-state index is 0.253. The monoisotopic (exact) mass is 174 g/mol. The van der Waals surface area contributed by atoms with Crippen LogP contribution in [-0.2, 0) is 0 Å². The van der Waals surface area contributed by atoms with E-state index in [1.54, 1.807) is 0 Å². The zero-order chi connectivity index (χ0) is 10.1. The number of hydrogen-bond donors (Lipinski definition) is 0. The topological polar surface area (TPSA) is 0 Å². The third kappa shape index (κ3) is 2.45. The van der Waals surface area contributed by atoms with E-state index in [2.05, 4.69) is 58.5 Å². The van der Waals surface area contributed by atoms with Gasteiger partial charge in [-0.05, 0) is 22.8 Å². The molecule has 0 amide bonds. The molecule has 0 saturated heterocycles. The van der Waals surface area contributed by atoms with Crippen molar-refractivity contribution < 1.29 is 0 Å². The summed E-state index contributed by atoms with van der Waals surface area (Å²) in [6, 6.07) is 8.40. The zero-order valence-corrected chi connectivity index (χ0v) is 9.02. The van der Waals surface area contributed by atoms with E-state index >= 15 is 0 Å². The molecule has 0 bridgehead atoms. The lowest BCUT2D eigenvalue weighted by atomic mass is 9.86. The second-order valence-electron chi connectivity index (χ2n) is 4.57. The Labute approximate surface area is 80.6 Å². The predicted octanol–water partition coefficient (Wildman–Crippen LogP) is 2.31. The Balaban J connectivity index is 3.35. The molecule has 0 heteroatoms. The smallest absolute Gasteiger partial charge is 0.0167 e. The van der Waals surface area contributed by atoms with Gasteiger partial charge in [0.2, 0.25) is 0 Å². The van der Waals surface area contributed by atoms with Crippen LogP contribution in [0.3, 0.4) is 0 Å². The minimum absolute atomic E-state index is 0.253. The fraction of sp³-hybridized carbons (Fsp3) is 0.385. The second kappa shape index (κ2) is 3.37. The molecule has 0 radical (unpaired) electrons. The first-order valence-electron chi connectivity index (χ1n) is 4.67. The summed E-state index contributed by atoms with van der Waals surface area (Å²) in [5, 5.41) is 2.39. The van der Waals surface area contributed by atoms with E-state index in [4.69, 9.17) is 0 Å². The minimum Gasteiger partial charge on any atom is -0.0918 e. The average Bonchev–Trinajstić information content (AvgIpc) is 2.03. The average molecular weight is 174 g/mol. The third-order valence-corrected chi connectivity index (χ3v) is 2.51. The maximum Gasteiger partial charge on any atom is -0.0167 e. The molecule has 13 heavy (non-hydrogen) atoms. The predicted molar refractivity (Wildman–Crippen MR) is 59.8 cm³/mol. The van der Waals surface area contributed by atoms with Crippen molar-refractivity contribution >= 4 is 12.2 Å². The summed E-state index contributed by atoms with van der Waals surface area (Å²) in [5.74, 6) is 0. The molecule has 0 saturated carbocycles. The lowest BCUT2D eigenvalue weighted by Gasteiger charge is -2.19. The van der Waals surface area contributed by atoms with Crippen molar-refractivity contribution in [3.05, 3.63) is 34.7 Å². The van der Waals surface area contributed by atoms with Crippen LogP contribution in [0.4, 0.5) is 0 Å². The highest BCUT2D eigenvalue weighted by Crippen LogP contribution is 2.23. The van der Waals surface area contributed by atoms with E-state index in [0.717, 1.165) is 5.22 Å². The Kier molecular flexibility index (Phi) is 2.60. The summed E-state index contributed by atoms with van der Waals surface area (Å²) < 4.78 is 0. The lowest BCUT2D eigenvalue weighted by molar-refractivity contribution is 0.558. The van der Waals surface area contributed by atoms with Crippen LogP contribution in [0.1, 0.15) is 27.7 Å². The molecule has 70 valence electrons. The van der Waals surface area contributed by atoms with Gasteiger partial charge in [-0.2, -0.15) is 0 Å². The summed E-state index contributed by atoms with van der Waals surface area (Å²) in [5.41, 5.74) is 1.68. The summed E-state index contributed by atoms with van der Waals surface area (Å²) in [7, 11) is 0. The quantitative estimate of drug-likeness (QED) is 0.566. The van der Waals surface area contributed by atoms with E-state index in [1.165, 1.54) is 10.8 Å². The number of hydrogen-bond acceptors (Lipinski definition) is 0. The second-order valence-corrected chi connectivity index (χ2v) is 4.57. The Morgan fingerprint density at radius 2 is 1.54 bits per heavy atom. The van der Waals surface area contributed by atoms with Gasteiger partial charge in [-0.1, -0.05) is 57.2 Å². The Morgan fingerprint density at radius 3 is 1.92 bits per heavy atom. The first-order chi connectivity index (χ1) is 5.91. The van der Waals surface area contributed by atoms with Crippen LogP contribution < -0.4 is 10.4 Å². The van der Waals surface area contributed by atoms with Gasteiger partial charge >= 0.3 is 0 Å². The van der Waals surface area contributed by atoms with Crippen LogP contribution in [0.2, 0.25) is 0 Å². The molecule has 0 nitrogen and oxygen atoms in total. The van der Waals surface area contributed by atoms with Gasteiger partial charge in [0.1, 0.15) is 0 Å². The van der Waals surface area contributed by atoms with Crippen molar-refractivity contribution in [1.82, 2.24) is 0 Å². The molecular formula is C13H18. The van der Waals surface area contributed by atoms with Gasteiger partial charge in [0.05, 0.1) is 0 Å². The van der Waals surface area contributed by atoms with Gasteiger partial charge in [0, 0.05) is 0 Å². The Morgan fingerprint density at radius 1 is 1.08 bits per heavy atom. The van der Waals surface area contributed by atoms with Crippen LogP contribution in [0, 0.1) is 5.41 Å². The molecule has 0 heterocycles. The molecule has 0 aliphatic rings. The molecule has 0 N–H and O–H groups in total. The highest BCUT2D eigenvalue weighted by Gasteiger charge is 2.12. The molecule has 0 atom stereocenters. The normalized spacial score (nSPS) is 11.4. The lowest BCUT2D eigenvalue weighted by Crippen LogP contribution is -2.17. The van der Waals surface area contributed by atoms with E-state index in [0.29, 0.717) is 0 Å².